The van der Waals surface area contributed by atoms with E-state index in [1.165, 1.54) is 17.1 Å². The summed E-state index contributed by atoms with van der Waals surface area (Å²) in [6, 6.07) is 4.80. The van der Waals surface area contributed by atoms with Crippen LogP contribution in [0.3, 0.4) is 0 Å². The Hall–Kier alpha value is -2.44. The van der Waals surface area contributed by atoms with E-state index in [0.717, 1.165) is 31.5 Å². The second-order valence-corrected chi connectivity index (χ2v) is 5.72. The molecule has 0 N–H and O–H groups in total. The highest BCUT2D eigenvalue weighted by atomic mass is 19.1. The molecule has 1 unspecified atom stereocenters. The molecule has 1 aliphatic rings. The van der Waals surface area contributed by atoms with Gasteiger partial charge in [0.05, 0.1) is 0 Å². The van der Waals surface area contributed by atoms with E-state index in [4.69, 9.17) is 4.74 Å². The Morgan fingerprint density at radius 3 is 2.83 bits per heavy atom. The minimum absolute atomic E-state index is 0.0611. The molecule has 23 heavy (non-hydrogen) atoms. The van der Waals surface area contributed by atoms with Crippen LogP contribution in [0.15, 0.2) is 24.5 Å². The normalized spacial score (nSPS) is 15.7. The van der Waals surface area contributed by atoms with Crippen molar-refractivity contribution in [1.82, 2.24) is 19.7 Å². The lowest BCUT2D eigenvalue weighted by Crippen LogP contribution is -2.38. The first-order chi connectivity index (χ1) is 11.0. The predicted molar refractivity (Wildman–Crippen MR) is 82.0 cm³/mol. The number of hydrogen-bond donors (Lipinski definition) is 0. The van der Waals surface area contributed by atoms with E-state index in [0.29, 0.717) is 5.69 Å². The van der Waals surface area contributed by atoms with Gasteiger partial charge in [-0.05, 0) is 44.4 Å². The molecule has 122 valence electrons. The predicted octanol–water partition coefficient (Wildman–Crippen LogP) is 2.10. The molecular formula is C16H19FN4O2. The molecule has 1 aromatic carbocycles. The van der Waals surface area contributed by atoms with E-state index >= 15 is 0 Å². The minimum Gasteiger partial charge on any atom is -0.449 e. The van der Waals surface area contributed by atoms with Crippen molar-refractivity contribution in [2.24, 2.45) is 0 Å². The van der Waals surface area contributed by atoms with E-state index in [-0.39, 0.29) is 11.9 Å². The summed E-state index contributed by atoms with van der Waals surface area (Å²) >= 11 is 0. The number of aryl methyl sites for hydroxylation is 1. The third-order valence-electron chi connectivity index (χ3n) is 3.87. The number of aromatic nitrogens is 3. The van der Waals surface area contributed by atoms with Gasteiger partial charge in [-0.25, -0.2) is 9.07 Å². The lowest BCUT2D eigenvalue weighted by atomic mass is 10.2. The first-order valence-corrected chi connectivity index (χ1v) is 7.68. The van der Waals surface area contributed by atoms with Gasteiger partial charge in [0.15, 0.2) is 6.10 Å². The number of hydrogen-bond acceptors (Lipinski definition) is 4. The van der Waals surface area contributed by atoms with Gasteiger partial charge in [0, 0.05) is 13.1 Å². The molecule has 1 aliphatic heterocycles. The lowest BCUT2D eigenvalue weighted by molar-refractivity contribution is -0.137. The van der Waals surface area contributed by atoms with Gasteiger partial charge in [-0.3, -0.25) is 4.79 Å². The molecule has 0 bridgehead atoms. The summed E-state index contributed by atoms with van der Waals surface area (Å²) in [7, 11) is 0. The third-order valence-corrected chi connectivity index (χ3v) is 3.87. The Bertz CT molecular complexity index is 710. The molecule has 1 fully saturated rings. The maximum absolute atomic E-state index is 13.9. The van der Waals surface area contributed by atoms with Crippen LogP contribution in [0.1, 0.15) is 25.3 Å². The Morgan fingerprint density at radius 1 is 1.35 bits per heavy atom. The second-order valence-electron chi connectivity index (χ2n) is 5.72. The summed E-state index contributed by atoms with van der Waals surface area (Å²) < 4.78 is 20.7. The molecule has 2 aromatic rings. The van der Waals surface area contributed by atoms with Gasteiger partial charge in [0.2, 0.25) is 0 Å². The zero-order chi connectivity index (χ0) is 16.4. The van der Waals surface area contributed by atoms with Crippen LogP contribution < -0.4 is 4.74 Å². The van der Waals surface area contributed by atoms with E-state index in [9.17, 15) is 9.18 Å². The largest absolute Gasteiger partial charge is 0.449 e. The maximum Gasteiger partial charge on any atom is 0.336 e. The number of halogens is 1. The van der Waals surface area contributed by atoms with Crippen molar-refractivity contribution in [1.29, 1.82) is 0 Å². The van der Waals surface area contributed by atoms with Crippen molar-refractivity contribution in [3.63, 3.8) is 0 Å². The summed E-state index contributed by atoms with van der Waals surface area (Å²) in [6.45, 7) is 5.08. The first-order valence-electron chi connectivity index (χ1n) is 7.68. The number of rotatable bonds is 4. The van der Waals surface area contributed by atoms with E-state index in [1.807, 2.05) is 6.92 Å². The van der Waals surface area contributed by atoms with Crippen molar-refractivity contribution < 1.29 is 13.9 Å². The topological polar surface area (TPSA) is 60.3 Å². The van der Waals surface area contributed by atoms with Crippen molar-refractivity contribution in [3.05, 3.63) is 35.9 Å². The number of nitrogens with zero attached hydrogens (tertiary/aromatic N) is 4. The molecule has 0 radical (unpaired) electrons. The van der Waals surface area contributed by atoms with Crippen LogP contribution in [0.5, 0.6) is 6.01 Å². The first kappa shape index (κ1) is 15.5. The number of benzene rings is 1. The summed E-state index contributed by atoms with van der Waals surface area (Å²) in [5.41, 5.74) is 1.21. The molecule has 1 aromatic heterocycles. The molecule has 3 rings (SSSR count). The summed E-state index contributed by atoms with van der Waals surface area (Å²) in [4.78, 5) is 18.0. The lowest BCUT2D eigenvalue weighted by Gasteiger charge is -2.19. The van der Waals surface area contributed by atoms with Gasteiger partial charge in [0.1, 0.15) is 17.8 Å². The Labute approximate surface area is 133 Å². The fourth-order valence-corrected chi connectivity index (χ4v) is 2.62. The Morgan fingerprint density at radius 2 is 2.09 bits per heavy atom. The number of carbonyl (C=O) groups is 1. The number of likely N-dealkylation sites (tertiary alicyclic amines) is 1. The van der Waals surface area contributed by atoms with Crippen LogP contribution in [-0.2, 0) is 4.79 Å². The van der Waals surface area contributed by atoms with Crippen molar-refractivity contribution >= 4 is 5.91 Å². The minimum atomic E-state index is -0.661. The standard InChI is InChI=1S/C16H19FN4O2/c1-11-5-6-13(17)14(9-11)21-10-18-16(19-21)23-12(2)15(22)20-7-3-4-8-20/h5-6,9-10,12H,3-4,7-8H2,1-2H3. The molecular weight excluding hydrogens is 299 g/mol. The summed E-state index contributed by atoms with van der Waals surface area (Å²) in [5, 5.41) is 4.10. The smallest absolute Gasteiger partial charge is 0.336 e. The van der Waals surface area contributed by atoms with Gasteiger partial charge < -0.3 is 9.64 Å². The number of ether oxygens (including phenoxy) is 1. The van der Waals surface area contributed by atoms with Gasteiger partial charge in [-0.15, -0.1) is 5.10 Å². The molecule has 0 saturated carbocycles. The van der Waals surface area contributed by atoms with E-state index in [2.05, 4.69) is 10.1 Å². The average Bonchev–Trinajstić information content (AvgIpc) is 3.20. The van der Waals surface area contributed by atoms with Crippen molar-refractivity contribution in [2.75, 3.05) is 13.1 Å². The van der Waals surface area contributed by atoms with Crippen LogP contribution in [0.4, 0.5) is 4.39 Å². The summed E-state index contributed by atoms with van der Waals surface area (Å²) in [6.07, 6.45) is 2.77. The molecule has 1 saturated heterocycles. The molecule has 0 spiro atoms. The van der Waals surface area contributed by atoms with Gasteiger partial charge in [0.25, 0.3) is 5.91 Å². The third kappa shape index (κ3) is 3.33. The van der Waals surface area contributed by atoms with Crippen LogP contribution >= 0.6 is 0 Å². The number of carbonyl (C=O) groups excluding carboxylic acids is 1. The quantitative estimate of drug-likeness (QED) is 0.866. The molecule has 1 amide bonds. The van der Waals surface area contributed by atoms with Crippen LogP contribution in [-0.4, -0.2) is 44.8 Å². The Balaban J connectivity index is 1.71. The fraction of sp³-hybridized carbons (Fsp3) is 0.438. The van der Waals surface area contributed by atoms with Gasteiger partial charge in [-0.1, -0.05) is 6.07 Å². The fourth-order valence-electron chi connectivity index (χ4n) is 2.62. The zero-order valence-corrected chi connectivity index (χ0v) is 13.2. The Kier molecular flexibility index (Phi) is 4.27. The molecule has 2 heterocycles. The monoisotopic (exact) mass is 318 g/mol. The van der Waals surface area contributed by atoms with Gasteiger partial charge >= 0.3 is 6.01 Å². The number of amides is 1. The SMILES string of the molecule is Cc1ccc(F)c(-n2cnc(OC(C)C(=O)N3CCCC3)n2)c1. The van der Waals surface area contributed by atoms with Crippen molar-refractivity contribution in [3.8, 4) is 11.7 Å². The van der Waals surface area contributed by atoms with E-state index in [1.54, 1.807) is 24.0 Å². The van der Waals surface area contributed by atoms with Gasteiger partial charge in [-0.2, -0.15) is 4.98 Å². The maximum atomic E-state index is 13.9. The van der Waals surface area contributed by atoms with E-state index < -0.39 is 11.9 Å². The highest BCUT2D eigenvalue weighted by Gasteiger charge is 2.25. The zero-order valence-electron chi connectivity index (χ0n) is 13.2. The van der Waals surface area contributed by atoms with Crippen LogP contribution in [0.25, 0.3) is 5.69 Å². The van der Waals surface area contributed by atoms with Crippen LogP contribution in [0.2, 0.25) is 0 Å². The molecule has 6 nitrogen and oxygen atoms in total. The summed E-state index contributed by atoms with van der Waals surface area (Å²) in [5.74, 6) is -0.464. The molecule has 1 atom stereocenters. The highest BCUT2D eigenvalue weighted by molar-refractivity contribution is 5.81. The average molecular weight is 318 g/mol. The molecule has 7 heteroatoms. The second kappa shape index (κ2) is 6.36. The molecule has 0 aliphatic carbocycles. The van der Waals surface area contributed by atoms with Crippen LogP contribution in [0, 0.1) is 12.7 Å². The van der Waals surface area contributed by atoms with Crippen molar-refractivity contribution in [2.45, 2.75) is 32.8 Å². The highest BCUT2D eigenvalue weighted by Crippen LogP contribution is 2.16.